The Labute approximate surface area is 237 Å². The number of nitrogens with zero attached hydrogens (tertiary/aromatic N) is 5. The SMILES string of the molecule is NC(=O)C(N1CCNCC1)n1ncc2c(C(=O)O)cc(-c3cnc(NC(=O)Nc4cc(C(F)(F)F)ccc4F)s3)nc21. The Kier molecular flexibility index (Phi) is 7.76. The summed E-state index contributed by atoms with van der Waals surface area (Å²) in [5.74, 6) is -3.08. The van der Waals surface area contributed by atoms with E-state index in [4.69, 9.17) is 5.73 Å². The lowest BCUT2D eigenvalue weighted by Crippen LogP contribution is -2.50. The van der Waals surface area contributed by atoms with Crippen molar-refractivity contribution in [2.75, 3.05) is 36.8 Å². The fourth-order valence-corrected chi connectivity index (χ4v) is 5.15. The molecule has 220 valence electrons. The second-order valence-corrected chi connectivity index (χ2v) is 10.1. The largest absolute Gasteiger partial charge is 0.478 e. The summed E-state index contributed by atoms with van der Waals surface area (Å²) in [5, 5.41) is 21.7. The number of amides is 3. The highest BCUT2D eigenvalue weighted by Gasteiger charge is 2.32. The summed E-state index contributed by atoms with van der Waals surface area (Å²) in [7, 11) is 0. The molecule has 3 amide bonds. The van der Waals surface area contributed by atoms with Crippen molar-refractivity contribution in [3.8, 4) is 10.6 Å². The number of anilines is 2. The number of nitrogens with two attached hydrogens (primary N) is 1. The highest BCUT2D eigenvalue weighted by atomic mass is 32.1. The smallest absolute Gasteiger partial charge is 0.416 e. The fourth-order valence-electron chi connectivity index (χ4n) is 4.38. The number of nitrogens with one attached hydrogen (secondary N) is 3. The molecule has 3 aromatic heterocycles. The van der Waals surface area contributed by atoms with E-state index in [9.17, 15) is 37.1 Å². The van der Waals surface area contributed by atoms with Gasteiger partial charge in [0.25, 0.3) is 5.91 Å². The molecule has 4 aromatic rings. The molecule has 1 saturated heterocycles. The first kappa shape index (κ1) is 28.8. The lowest BCUT2D eigenvalue weighted by Gasteiger charge is -2.33. The van der Waals surface area contributed by atoms with E-state index in [2.05, 4.69) is 25.7 Å². The summed E-state index contributed by atoms with van der Waals surface area (Å²) in [5.41, 5.74) is 3.89. The van der Waals surface area contributed by atoms with E-state index in [1.165, 1.54) is 23.1 Å². The number of thiazole rings is 1. The first-order valence-corrected chi connectivity index (χ1v) is 13.0. The van der Waals surface area contributed by atoms with E-state index in [0.717, 1.165) is 11.3 Å². The monoisotopic (exact) mass is 607 g/mol. The van der Waals surface area contributed by atoms with Crippen LogP contribution < -0.4 is 21.7 Å². The standard InChI is InChI=1S/C24H21F4N9O4S/c25-14-2-1-11(24(26,27)28)7-15(14)34-22(41)35-23-31-10-17(42-23)16-8-12(21(39)40)13-9-32-37(19(13)33-16)20(18(29)38)36-5-3-30-4-6-36/h1-2,7-10,20,30H,3-6H2,(H2,29,38)(H,39,40)(H2,31,34,35,41). The summed E-state index contributed by atoms with van der Waals surface area (Å²) >= 11 is 0.864. The van der Waals surface area contributed by atoms with Crippen LogP contribution in [0.1, 0.15) is 22.1 Å². The number of fused-ring (bicyclic) bond motifs is 1. The number of carbonyl (C=O) groups is 3. The van der Waals surface area contributed by atoms with Gasteiger partial charge in [0.1, 0.15) is 5.82 Å². The molecule has 42 heavy (non-hydrogen) atoms. The number of piperazine rings is 1. The average molecular weight is 608 g/mol. The fraction of sp³-hybridized carbons (Fsp3) is 0.250. The molecule has 1 atom stereocenters. The molecule has 5 rings (SSSR count). The Morgan fingerprint density at radius 2 is 1.86 bits per heavy atom. The topological polar surface area (TPSA) is 180 Å². The van der Waals surface area contributed by atoms with Gasteiger partial charge in [0, 0.05) is 32.4 Å². The molecule has 6 N–H and O–H groups in total. The molecule has 18 heteroatoms. The van der Waals surface area contributed by atoms with Crippen molar-refractivity contribution >= 4 is 51.1 Å². The number of aromatic carboxylic acids is 1. The Balaban J connectivity index is 1.43. The first-order chi connectivity index (χ1) is 19.9. The van der Waals surface area contributed by atoms with Crippen molar-refractivity contribution < 1.29 is 37.1 Å². The van der Waals surface area contributed by atoms with Gasteiger partial charge in [-0.2, -0.15) is 18.3 Å². The van der Waals surface area contributed by atoms with Crippen molar-refractivity contribution in [3.63, 3.8) is 0 Å². The number of carboxylic acid groups (broad SMARTS) is 1. The quantitative estimate of drug-likeness (QED) is 0.197. The molecule has 1 fully saturated rings. The second-order valence-electron chi connectivity index (χ2n) is 9.05. The number of alkyl halides is 3. The summed E-state index contributed by atoms with van der Waals surface area (Å²) in [6.07, 6.45) is -3.21. The Hall–Kier alpha value is -4.68. The van der Waals surface area contributed by atoms with Gasteiger partial charge in [-0.25, -0.2) is 28.6 Å². The zero-order valence-corrected chi connectivity index (χ0v) is 22.1. The normalized spacial score (nSPS) is 15.0. The first-order valence-electron chi connectivity index (χ1n) is 12.2. The molecule has 0 saturated carbocycles. The average Bonchev–Trinajstić information content (AvgIpc) is 3.56. The van der Waals surface area contributed by atoms with Crippen LogP contribution in [0.5, 0.6) is 0 Å². The van der Waals surface area contributed by atoms with Crippen molar-refractivity contribution in [1.82, 2.24) is 30.0 Å². The van der Waals surface area contributed by atoms with Gasteiger partial charge < -0.3 is 21.5 Å². The minimum Gasteiger partial charge on any atom is -0.478 e. The highest BCUT2D eigenvalue weighted by molar-refractivity contribution is 7.19. The molecule has 1 aliphatic rings. The van der Waals surface area contributed by atoms with E-state index < -0.39 is 47.3 Å². The van der Waals surface area contributed by atoms with Crippen molar-refractivity contribution in [3.05, 3.63) is 53.6 Å². The Bertz CT molecular complexity index is 1680. The minimum atomic E-state index is -4.74. The van der Waals surface area contributed by atoms with Crippen LogP contribution in [0.3, 0.4) is 0 Å². The van der Waals surface area contributed by atoms with Crippen LogP contribution in [0, 0.1) is 5.82 Å². The van der Waals surface area contributed by atoms with Gasteiger partial charge in [0.15, 0.2) is 16.9 Å². The number of hydrogen-bond acceptors (Lipinski definition) is 9. The van der Waals surface area contributed by atoms with Crippen LogP contribution in [-0.2, 0) is 11.0 Å². The maximum Gasteiger partial charge on any atom is 0.416 e. The van der Waals surface area contributed by atoms with E-state index in [0.29, 0.717) is 49.3 Å². The molecule has 4 heterocycles. The molecule has 1 aliphatic heterocycles. The van der Waals surface area contributed by atoms with Gasteiger partial charge in [0.05, 0.1) is 39.0 Å². The summed E-state index contributed by atoms with van der Waals surface area (Å²) in [6.45, 7) is 2.17. The van der Waals surface area contributed by atoms with Crippen molar-refractivity contribution in [1.29, 1.82) is 0 Å². The van der Waals surface area contributed by atoms with Crippen molar-refractivity contribution in [2.45, 2.75) is 12.3 Å². The number of carbonyl (C=O) groups excluding carboxylic acids is 2. The number of rotatable bonds is 7. The molecular weight excluding hydrogens is 586 g/mol. The molecule has 1 aromatic carbocycles. The molecule has 0 aliphatic carbocycles. The number of primary amides is 1. The number of aromatic nitrogens is 4. The summed E-state index contributed by atoms with van der Waals surface area (Å²) < 4.78 is 54.2. The minimum absolute atomic E-state index is 0.0435. The van der Waals surface area contributed by atoms with Crippen LogP contribution in [0.2, 0.25) is 0 Å². The number of halogens is 4. The number of benzene rings is 1. The molecule has 1 unspecified atom stereocenters. The van der Waals surface area contributed by atoms with Gasteiger partial charge in [-0.15, -0.1) is 0 Å². The van der Waals surface area contributed by atoms with Gasteiger partial charge in [-0.05, 0) is 24.3 Å². The zero-order valence-electron chi connectivity index (χ0n) is 21.3. The number of urea groups is 1. The van der Waals surface area contributed by atoms with Crippen molar-refractivity contribution in [2.24, 2.45) is 5.73 Å². The zero-order chi connectivity index (χ0) is 30.2. The van der Waals surface area contributed by atoms with E-state index in [1.807, 2.05) is 5.32 Å². The third-order valence-electron chi connectivity index (χ3n) is 6.30. The number of carboxylic acids is 1. The number of pyridine rings is 1. The molecular formula is C24H21F4N9O4S. The van der Waals surface area contributed by atoms with Gasteiger partial charge in [-0.3, -0.25) is 15.0 Å². The maximum atomic E-state index is 14.0. The lowest BCUT2D eigenvalue weighted by molar-refractivity contribution is -0.137. The van der Waals surface area contributed by atoms with Crippen LogP contribution in [-0.4, -0.2) is 73.8 Å². The van der Waals surface area contributed by atoms with E-state index in [1.54, 1.807) is 4.90 Å². The summed E-state index contributed by atoms with van der Waals surface area (Å²) in [4.78, 5) is 47.6. The third-order valence-corrected chi connectivity index (χ3v) is 7.24. The summed E-state index contributed by atoms with van der Waals surface area (Å²) in [6, 6.07) is 1.79. The number of hydrogen-bond donors (Lipinski definition) is 5. The van der Waals surface area contributed by atoms with E-state index >= 15 is 0 Å². The van der Waals surface area contributed by atoms with Crippen LogP contribution >= 0.6 is 11.3 Å². The highest BCUT2D eigenvalue weighted by Crippen LogP contribution is 2.33. The predicted octanol–water partition coefficient (Wildman–Crippen LogP) is 2.94. The Morgan fingerprint density at radius 1 is 1.12 bits per heavy atom. The molecule has 0 bridgehead atoms. The Morgan fingerprint density at radius 3 is 2.52 bits per heavy atom. The van der Waals surface area contributed by atoms with Crippen LogP contribution in [0.25, 0.3) is 21.6 Å². The predicted molar refractivity (Wildman–Crippen MR) is 142 cm³/mol. The molecule has 0 radical (unpaired) electrons. The third kappa shape index (κ3) is 5.85. The van der Waals surface area contributed by atoms with Crippen LogP contribution in [0.4, 0.5) is 33.2 Å². The van der Waals surface area contributed by atoms with Gasteiger partial charge >= 0.3 is 18.2 Å². The van der Waals surface area contributed by atoms with Gasteiger partial charge in [-0.1, -0.05) is 11.3 Å². The van der Waals surface area contributed by atoms with E-state index in [-0.39, 0.29) is 27.4 Å². The van der Waals surface area contributed by atoms with Crippen LogP contribution in [0.15, 0.2) is 36.7 Å². The lowest BCUT2D eigenvalue weighted by atomic mass is 10.1. The molecule has 13 nitrogen and oxygen atoms in total. The molecule has 0 spiro atoms. The second kappa shape index (κ2) is 11.3. The maximum absolute atomic E-state index is 14.0. The van der Waals surface area contributed by atoms with Gasteiger partial charge in [0.2, 0.25) is 0 Å².